The maximum Gasteiger partial charge on any atom is 0.118 e. The largest absolute Gasteiger partial charge is 0.465 e. The van der Waals surface area contributed by atoms with Gasteiger partial charge in [-0.1, -0.05) is 6.92 Å². The fourth-order valence-electron chi connectivity index (χ4n) is 1.66. The van der Waals surface area contributed by atoms with Crippen LogP contribution in [0.1, 0.15) is 39.2 Å². The van der Waals surface area contributed by atoms with Crippen LogP contribution in [0.25, 0.3) is 0 Å². The van der Waals surface area contributed by atoms with E-state index in [2.05, 4.69) is 57.1 Å². The van der Waals surface area contributed by atoms with E-state index in [-0.39, 0.29) is 5.54 Å². The van der Waals surface area contributed by atoms with Gasteiger partial charge in [0.15, 0.2) is 0 Å². The summed E-state index contributed by atoms with van der Waals surface area (Å²) in [5.41, 5.74) is 0.195. The quantitative estimate of drug-likeness (QED) is 0.826. The molecule has 1 N–H and O–H groups in total. The molecular formula is C14H26N2O. The van der Waals surface area contributed by atoms with Crippen LogP contribution in [-0.4, -0.2) is 30.6 Å². The molecule has 17 heavy (non-hydrogen) atoms. The van der Waals surface area contributed by atoms with Gasteiger partial charge >= 0.3 is 0 Å². The molecule has 1 aromatic heterocycles. The monoisotopic (exact) mass is 238 g/mol. The number of nitrogens with zero attached hydrogens (tertiary/aromatic N) is 1. The SMILES string of the molecule is CCc1ccc(CN(C)CCNC(C)(C)C)o1. The molecule has 1 heterocycles. The van der Waals surface area contributed by atoms with Gasteiger partial charge in [0.05, 0.1) is 6.54 Å². The zero-order chi connectivity index (χ0) is 12.9. The first-order valence-electron chi connectivity index (χ1n) is 6.42. The molecule has 0 fully saturated rings. The highest BCUT2D eigenvalue weighted by molar-refractivity contribution is 5.06. The minimum absolute atomic E-state index is 0.195. The van der Waals surface area contributed by atoms with Gasteiger partial charge in [0.2, 0.25) is 0 Å². The van der Waals surface area contributed by atoms with Crippen LogP contribution >= 0.6 is 0 Å². The van der Waals surface area contributed by atoms with Gasteiger partial charge in [-0.2, -0.15) is 0 Å². The third-order valence-electron chi connectivity index (χ3n) is 2.64. The van der Waals surface area contributed by atoms with Gasteiger partial charge in [-0.05, 0) is 40.0 Å². The second-order valence-electron chi connectivity index (χ2n) is 5.64. The number of rotatable bonds is 6. The van der Waals surface area contributed by atoms with Crippen molar-refractivity contribution < 1.29 is 4.42 Å². The fraction of sp³-hybridized carbons (Fsp3) is 0.714. The van der Waals surface area contributed by atoms with Crippen molar-refractivity contribution in [1.29, 1.82) is 0 Å². The lowest BCUT2D eigenvalue weighted by Crippen LogP contribution is -2.40. The molecule has 0 amide bonds. The Kier molecular flexibility index (Phi) is 5.22. The van der Waals surface area contributed by atoms with Crippen molar-refractivity contribution in [2.45, 2.75) is 46.2 Å². The van der Waals surface area contributed by atoms with Gasteiger partial charge in [0.25, 0.3) is 0 Å². The number of hydrogen-bond donors (Lipinski definition) is 1. The molecule has 1 aromatic rings. The fourth-order valence-corrected chi connectivity index (χ4v) is 1.66. The molecule has 1 rings (SSSR count). The third-order valence-corrected chi connectivity index (χ3v) is 2.64. The van der Waals surface area contributed by atoms with E-state index in [1.807, 2.05) is 0 Å². The Bertz CT molecular complexity index is 325. The third kappa shape index (κ3) is 5.89. The van der Waals surface area contributed by atoms with Crippen LogP contribution in [0.4, 0.5) is 0 Å². The summed E-state index contributed by atoms with van der Waals surface area (Å²) in [7, 11) is 2.12. The highest BCUT2D eigenvalue weighted by atomic mass is 16.3. The molecule has 0 saturated heterocycles. The number of aryl methyl sites for hydroxylation is 1. The van der Waals surface area contributed by atoms with Crippen molar-refractivity contribution in [2.75, 3.05) is 20.1 Å². The maximum absolute atomic E-state index is 5.69. The van der Waals surface area contributed by atoms with Crippen molar-refractivity contribution in [3.8, 4) is 0 Å². The Labute approximate surface area is 105 Å². The molecular weight excluding hydrogens is 212 g/mol. The van der Waals surface area contributed by atoms with E-state index >= 15 is 0 Å². The lowest BCUT2D eigenvalue weighted by molar-refractivity contribution is 0.277. The molecule has 98 valence electrons. The lowest BCUT2D eigenvalue weighted by Gasteiger charge is -2.23. The zero-order valence-corrected chi connectivity index (χ0v) is 11.8. The van der Waals surface area contributed by atoms with Crippen LogP contribution < -0.4 is 5.32 Å². The van der Waals surface area contributed by atoms with Crippen LogP contribution in [0.2, 0.25) is 0 Å². The number of hydrogen-bond acceptors (Lipinski definition) is 3. The highest BCUT2D eigenvalue weighted by Crippen LogP contribution is 2.10. The predicted octanol–water partition coefficient (Wildman–Crippen LogP) is 2.66. The average Bonchev–Trinajstić information content (AvgIpc) is 2.63. The number of furan rings is 1. The van der Waals surface area contributed by atoms with Crippen molar-refractivity contribution in [3.63, 3.8) is 0 Å². The first-order chi connectivity index (χ1) is 7.90. The van der Waals surface area contributed by atoms with E-state index in [0.717, 1.165) is 37.6 Å². The summed E-state index contributed by atoms with van der Waals surface area (Å²) in [4.78, 5) is 2.27. The molecule has 0 aliphatic heterocycles. The van der Waals surface area contributed by atoms with Gasteiger partial charge in [0, 0.05) is 25.0 Å². The minimum Gasteiger partial charge on any atom is -0.465 e. The maximum atomic E-state index is 5.69. The van der Waals surface area contributed by atoms with Crippen molar-refractivity contribution in [1.82, 2.24) is 10.2 Å². The Morgan fingerprint density at radius 2 is 1.88 bits per heavy atom. The Hall–Kier alpha value is -0.800. The van der Waals surface area contributed by atoms with Crippen LogP contribution in [0.15, 0.2) is 16.5 Å². The van der Waals surface area contributed by atoms with Crippen LogP contribution in [0.3, 0.4) is 0 Å². The topological polar surface area (TPSA) is 28.4 Å². The van der Waals surface area contributed by atoms with Gasteiger partial charge in [-0.3, -0.25) is 4.90 Å². The zero-order valence-electron chi connectivity index (χ0n) is 11.8. The summed E-state index contributed by atoms with van der Waals surface area (Å²) in [6, 6.07) is 4.14. The molecule has 0 aromatic carbocycles. The summed E-state index contributed by atoms with van der Waals surface area (Å²) in [6.07, 6.45) is 0.968. The van der Waals surface area contributed by atoms with Crippen LogP contribution in [-0.2, 0) is 13.0 Å². The summed E-state index contributed by atoms with van der Waals surface area (Å²) in [6.45, 7) is 11.6. The van der Waals surface area contributed by atoms with Gasteiger partial charge < -0.3 is 9.73 Å². The number of nitrogens with one attached hydrogen (secondary N) is 1. The van der Waals surface area contributed by atoms with Gasteiger partial charge in [-0.15, -0.1) is 0 Å². The molecule has 0 unspecified atom stereocenters. The Morgan fingerprint density at radius 3 is 2.41 bits per heavy atom. The average molecular weight is 238 g/mol. The molecule has 0 atom stereocenters. The Balaban J connectivity index is 2.27. The summed E-state index contributed by atoms with van der Waals surface area (Å²) < 4.78 is 5.69. The van der Waals surface area contributed by atoms with E-state index in [4.69, 9.17) is 4.42 Å². The van der Waals surface area contributed by atoms with Crippen molar-refractivity contribution >= 4 is 0 Å². The minimum atomic E-state index is 0.195. The molecule has 0 radical (unpaired) electrons. The van der Waals surface area contributed by atoms with E-state index in [0.29, 0.717) is 0 Å². The first-order valence-corrected chi connectivity index (χ1v) is 6.42. The lowest BCUT2D eigenvalue weighted by atomic mass is 10.1. The van der Waals surface area contributed by atoms with E-state index in [1.165, 1.54) is 0 Å². The first kappa shape index (κ1) is 14.3. The second kappa shape index (κ2) is 6.22. The molecule has 0 aliphatic rings. The second-order valence-corrected chi connectivity index (χ2v) is 5.64. The highest BCUT2D eigenvalue weighted by Gasteiger charge is 2.09. The summed E-state index contributed by atoms with van der Waals surface area (Å²) in [5, 5.41) is 3.48. The van der Waals surface area contributed by atoms with Gasteiger partial charge in [-0.25, -0.2) is 0 Å². The standard InChI is InChI=1S/C14H26N2O/c1-6-12-7-8-13(17-12)11-16(5)10-9-15-14(2,3)4/h7-8,15H,6,9-11H2,1-5H3. The van der Waals surface area contributed by atoms with E-state index in [1.54, 1.807) is 0 Å². The van der Waals surface area contributed by atoms with E-state index < -0.39 is 0 Å². The van der Waals surface area contributed by atoms with Crippen LogP contribution in [0.5, 0.6) is 0 Å². The summed E-state index contributed by atoms with van der Waals surface area (Å²) >= 11 is 0. The smallest absolute Gasteiger partial charge is 0.118 e. The Morgan fingerprint density at radius 1 is 1.24 bits per heavy atom. The number of likely N-dealkylation sites (N-methyl/N-ethyl adjacent to an activating group) is 1. The summed E-state index contributed by atoms with van der Waals surface area (Å²) in [5.74, 6) is 2.13. The molecule has 3 heteroatoms. The molecule has 3 nitrogen and oxygen atoms in total. The molecule has 0 aliphatic carbocycles. The van der Waals surface area contributed by atoms with E-state index in [9.17, 15) is 0 Å². The molecule has 0 spiro atoms. The normalized spacial score (nSPS) is 12.4. The molecule has 0 saturated carbocycles. The van der Waals surface area contributed by atoms with Gasteiger partial charge in [0.1, 0.15) is 11.5 Å². The van der Waals surface area contributed by atoms with Crippen molar-refractivity contribution in [2.24, 2.45) is 0 Å². The van der Waals surface area contributed by atoms with Crippen molar-refractivity contribution in [3.05, 3.63) is 23.7 Å². The molecule has 0 bridgehead atoms. The predicted molar refractivity (Wildman–Crippen MR) is 72.2 cm³/mol. The van der Waals surface area contributed by atoms with Crippen LogP contribution in [0, 0.1) is 0 Å².